The zero-order valence-corrected chi connectivity index (χ0v) is 17.8. The molecule has 0 radical (unpaired) electrons. The minimum atomic E-state index is -0.517. The molecule has 2 aromatic carbocycles. The van der Waals surface area contributed by atoms with Crippen LogP contribution in [0, 0.1) is 3.57 Å². The highest BCUT2D eigenvalue weighted by atomic mass is 127. The number of carbonyl (C=O) groups is 1. The van der Waals surface area contributed by atoms with Gasteiger partial charge >= 0.3 is 5.97 Å². The van der Waals surface area contributed by atoms with E-state index in [1.54, 1.807) is 7.11 Å². The van der Waals surface area contributed by atoms with Gasteiger partial charge in [-0.15, -0.1) is 0 Å². The van der Waals surface area contributed by atoms with E-state index in [9.17, 15) is 4.79 Å². The normalized spacial score (nSPS) is 10.7. The maximum absolute atomic E-state index is 11.6. The van der Waals surface area contributed by atoms with E-state index in [1.165, 1.54) is 19.2 Å². The van der Waals surface area contributed by atoms with Crippen molar-refractivity contribution in [3.63, 3.8) is 0 Å². The molecule has 0 saturated heterocycles. The largest absolute Gasteiger partial charge is 0.495 e. The topological polar surface area (TPSA) is 44.8 Å². The number of halogens is 3. The number of rotatable bonds is 5. The van der Waals surface area contributed by atoms with Crippen molar-refractivity contribution < 1.29 is 19.0 Å². The smallest absolute Gasteiger partial charge is 0.337 e. The summed E-state index contributed by atoms with van der Waals surface area (Å²) in [6.07, 6.45) is 0. The minimum Gasteiger partial charge on any atom is -0.495 e. The summed E-state index contributed by atoms with van der Waals surface area (Å²) in [5.74, 6) is 1.42. The quantitative estimate of drug-likeness (QED) is 0.361. The van der Waals surface area contributed by atoms with Gasteiger partial charge in [-0.1, -0.05) is 37.0 Å². The first-order valence-corrected chi connectivity index (χ1v) is 9.24. The van der Waals surface area contributed by atoms with Crippen LogP contribution in [-0.4, -0.2) is 20.2 Å². The predicted molar refractivity (Wildman–Crippen MR) is 108 cm³/mol. The maximum atomic E-state index is 11.6. The van der Waals surface area contributed by atoms with Crippen molar-refractivity contribution in [2.45, 2.75) is 19.8 Å². The Balaban J connectivity index is 2.45. The summed E-state index contributed by atoms with van der Waals surface area (Å²) in [5.41, 5.74) is 1.28. The molecule has 0 aliphatic heterocycles. The van der Waals surface area contributed by atoms with Crippen molar-refractivity contribution in [3.05, 3.63) is 49.0 Å². The molecule has 0 atom stereocenters. The molecule has 0 heterocycles. The van der Waals surface area contributed by atoms with Crippen molar-refractivity contribution in [1.82, 2.24) is 0 Å². The lowest BCUT2D eigenvalue weighted by Crippen LogP contribution is -2.02. The van der Waals surface area contributed by atoms with Gasteiger partial charge in [-0.3, -0.25) is 0 Å². The fourth-order valence-electron chi connectivity index (χ4n) is 2.30. The number of esters is 1. The Labute approximate surface area is 170 Å². The lowest BCUT2D eigenvalue weighted by Gasteiger charge is -2.17. The molecule has 2 aromatic rings. The first-order chi connectivity index (χ1) is 11.8. The zero-order valence-electron chi connectivity index (χ0n) is 14.2. The van der Waals surface area contributed by atoms with Gasteiger partial charge in [0.1, 0.15) is 11.5 Å². The Morgan fingerprint density at radius 1 is 1.04 bits per heavy atom. The van der Waals surface area contributed by atoms with E-state index in [4.69, 9.17) is 32.7 Å². The second-order valence-electron chi connectivity index (χ2n) is 5.54. The third-order valence-corrected chi connectivity index (χ3v) is 4.87. The lowest BCUT2D eigenvalue weighted by molar-refractivity contribution is 0.0600. The van der Waals surface area contributed by atoms with Gasteiger partial charge in [0.05, 0.1) is 33.4 Å². The SMILES string of the molecule is COC(=O)c1cc(Cl)c(Oc2cc(I)c(OC)c(C(C)C)c2)c(Cl)c1. The van der Waals surface area contributed by atoms with Crippen molar-refractivity contribution >= 4 is 51.8 Å². The van der Waals surface area contributed by atoms with Crippen LogP contribution in [0.5, 0.6) is 17.2 Å². The Hall–Kier alpha value is -1.18. The highest BCUT2D eigenvalue weighted by Gasteiger charge is 2.18. The number of hydrogen-bond donors (Lipinski definition) is 0. The lowest BCUT2D eigenvalue weighted by atomic mass is 10.0. The fraction of sp³-hybridized carbons (Fsp3) is 0.278. The summed E-state index contributed by atoms with van der Waals surface area (Å²) in [5, 5.41) is 0.453. The summed E-state index contributed by atoms with van der Waals surface area (Å²) >= 11 is 14.7. The van der Waals surface area contributed by atoms with Gasteiger partial charge in [-0.05, 0) is 52.8 Å². The van der Waals surface area contributed by atoms with Gasteiger partial charge in [0.25, 0.3) is 0 Å². The summed E-state index contributed by atoms with van der Waals surface area (Å²) in [6.45, 7) is 4.14. The Morgan fingerprint density at radius 2 is 1.64 bits per heavy atom. The number of ether oxygens (including phenoxy) is 3. The summed E-state index contributed by atoms with van der Waals surface area (Å²) in [7, 11) is 2.93. The van der Waals surface area contributed by atoms with Crippen LogP contribution in [-0.2, 0) is 4.74 Å². The molecule has 0 N–H and O–H groups in total. The van der Waals surface area contributed by atoms with Crippen LogP contribution < -0.4 is 9.47 Å². The van der Waals surface area contributed by atoms with Crippen molar-refractivity contribution in [3.8, 4) is 17.2 Å². The van der Waals surface area contributed by atoms with Crippen LogP contribution in [0.3, 0.4) is 0 Å². The first-order valence-electron chi connectivity index (χ1n) is 7.41. The van der Waals surface area contributed by atoms with Crippen LogP contribution in [0.2, 0.25) is 10.0 Å². The molecule has 4 nitrogen and oxygen atoms in total. The fourth-order valence-corrected chi connectivity index (χ4v) is 3.71. The predicted octanol–water partition coefficient (Wildman–Crippen LogP) is 6.31. The van der Waals surface area contributed by atoms with Crippen molar-refractivity contribution in [1.29, 1.82) is 0 Å². The highest BCUT2D eigenvalue weighted by molar-refractivity contribution is 14.1. The Morgan fingerprint density at radius 3 is 2.12 bits per heavy atom. The molecule has 0 spiro atoms. The molecule has 7 heteroatoms. The molecule has 0 aliphatic rings. The first kappa shape index (κ1) is 20.1. The highest BCUT2D eigenvalue weighted by Crippen LogP contribution is 2.41. The minimum absolute atomic E-state index is 0.227. The van der Waals surface area contributed by atoms with Gasteiger partial charge in [0.15, 0.2) is 5.75 Å². The van der Waals surface area contributed by atoms with E-state index < -0.39 is 5.97 Å². The van der Waals surface area contributed by atoms with E-state index >= 15 is 0 Å². The molecule has 134 valence electrons. The molecule has 25 heavy (non-hydrogen) atoms. The zero-order chi connectivity index (χ0) is 18.7. The van der Waals surface area contributed by atoms with E-state index in [2.05, 4.69) is 41.2 Å². The van der Waals surface area contributed by atoms with Crippen molar-refractivity contribution in [2.75, 3.05) is 14.2 Å². The number of benzene rings is 2. The van der Waals surface area contributed by atoms with Gasteiger partial charge in [0, 0.05) is 5.56 Å². The number of hydrogen-bond acceptors (Lipinski definition) is 4. The third kappa shape index (κ3) is 4.51. The Bertz CT molecular complexity index is 783. The van der Waals surface area contributed by atoms with Crippen molar-refractivity contribution in [2.24, 2.45) is 0 Å². The van der Waals surface area contributed by atoms with Gasteiger partial charge in [0.2, 0.25) is 0 Å². The monoisotopic (exact) mass is 494 g/mol. The average molecular weight is 495 g/mol. The molecule has 0 aromatic heterocycles. The average Bonchev–Trinajstić information content (AvgIpc) is 2.56. The second-order valence-corrected chi connectivity index (χ2v) is 7.52. The van der Waals surface area contributed by atoms with E-state index in [0.717, 1.165) is 14.9 Å². The van der Waals surface area contributed by atoms with Crippen LogP contribution >= 0.6 is 45.8 Å². The summed E-state index contributed by atoms with van der Waals surface area (Å²) < 4.78 is 17.0. The standard InChI is InChI=1S/C18H17Cl2IO4/c1-9(2)12-7-11(8-15(21)16(12)23-3)25-17-13(19)5-10(6-14(17)20)18(22)24-4/h5-9H,1-4H3. The number of methoxy groups -OCH3 is 2. The van der Waals surface area contributed by atoms with E-state index in [-0.39, 0.29) is 27.3 Å². The molecule has 0 bridgehead atoms. The molecular weight excluding hydrogens is 478 g/mol. The molecule has 2 rings (SSSR count). The van der Waals surface area contributed by atoms with Gasteiger partial charge < -0.3 is 14.2 Å². The third-order valence-electron chi connectivity index (χ3n) is 3.51. The molecule has 0 amide bonds. The van der Waals surface area contributed by atoms with Crippen LogP contribution in [0.15, 0.2) is 24.3 Å². The molecule has 0 fully saturated rings. The maximum Gasteiger partial charge on any atom is 0.337 e. The summed E-state index contributed by atoms with van der Waals surface area (Å²) in [4.78, 5) is 11.6. The van der Waals surface area contributed by atoms with Gasteiger partial charge in [-0.25, -0.2) is 4.79 Å². The van der Waals surface area contributed by atoms with E-state index in [0.29, 0.717) is 5.75 Å². The molecule has 0 unspecified atom stereocenters. The molecule has 0 aliphatic carbocycles. The second kappa shape index (κ2) is 8.47. The van der Waals surface area contributed by atoms with Crippen LogP contribution in [0.4, 0.5) is 0 Å². The van der Waals surface area contributed by atoms with Crippen LogP contribution in [0.1, 0.15) is 35.7 Å². The van der Waals surface area contributed by atoms with Gasteiger partial charge in [-0.2, -0.15) is 0 Å². The molecular formula is C18H17Cl2IO4. The van der Waals surface area contributed by atoms with E-state index in [1.807, 2.05) is 12.1 Å². The number of carbonyl (C=O) groups excluding carboxylic acids is 1. The molecule has 0 saturated carbocycles. The summed E-state index contributed by atoms with van der Waals surface area (Å²) in [6, 6.07) is 6.66. The van der Waals surface area contributed by atoms with Crippen LogP contribution in [0.25, 0.3) is 0 Å². The Kier molecular flexibility index (Phi) is 6.82.